The summed E-state index contributed by atoms with van der Waals surface area (Å²) in [6.07, 6.45) is 0. The SMILES string of the molecule is CCN(CCOc1cccc(Br)c1)CC(C)(C)O. The highest BCUT2D eigenvalue weighted by atomic mass is 79.9. The maximum absolute atomic E-state index is 9.78. The molecule has 0 aliphatic heterocycles. The number of ether oxygens (including phenoxy) is 1. The van der Waals surface area contributed by atoms with Crippen molar-refractivity contribution in [1.29, 1.82) is 0 Å². The first-order valence-electron chi connectivity index (χ1n) is 6.24. The molecule has 1 N–H and O–H groups in total. The van der Waals surface area contributed by atoms with Crippen molar-refractivity contribution in [3.05, 3.63) is 28.7 Å². The summed E-state index contributed by atoms with van der Waals surface area (Å²) in [6.45, 7) is 8.74. The van der Waals surface area contributed by atoms with E-state index >= 15 is 0 Å². The summed E-state index contributed by atoms with van der Waals surface area (Å²) in [5.41, 5.74) is -0.661. The number of halogens is 1. The molecular formula is C14H22BrNO2. The van der Waals surface area contributed by atoms with E-state index < -0.39 is 5.60 Å². The van der Waals surface area contributed by atoms with Gasteiger partial charge in [-0.15, -0.1) is 0 Å². The second-order valence-corrected chi connectivity index (χ2v) is 5.90. The number of likely N-dealkylation sites (N-methyl/N-ethyl adjacent to an activating group) is 1. The van der Waals surface area contributed by atoms with Crippen LogP contribution in [-0.4, -0.2) is 41.8 Å². The maximum atomic E-state index is 9.78. The minimum absolute atomic E-state index is 0.625. The first kappa shape index (κ1) is 15.5. The van der Waals surface area contributed by atoms with Crippen molar-refractivity contribution in [2.24, 2.45) is 0 Å². The van der Waals surface area contributed by atoms with Gasteiger partial charge in [-0.1, -0.05) is 28.9 Å². The highest BCUT2D eigenvalue weighted by Crippen LogP contribution is 2.17. The van der Waals surface area contributed by atoms with Crippen LogP contribution in [0.2, 0.25) is 0 Å². The van der Waals surface area contributed by atoms with Gasteiger partial charge in [0.25, 0.3) is 0 Å². The molecule has 0 bridgehead atoms. The van der Waals surface area contributed by atoms with Crippen molar-refractivity contribution in [3.63, 3.8) is 0 Å². The molecule has 0 amide bonds. The zero-order valence-corrected chi connectivity index (χ0v) is 12.9. The van der Waals surface area contributed by atoms with Gasteiger partial charge < -0.3 is 9.84 Å². The lowest BCUT2D eigenvalue weighted by atomic mass is 10.1. The van der Waals surface area contributed by atoms with Crippen LogP contribution in [0.25, 0.3) is 0 Å². The molecule has 0 aliphatic rings. The van der Waals surface area contributed by atoms with Crippen LogP contribution in [-0.2, 0) is 0 Å². The normalized spacial score (nSPS) is 11.9. The lowest BCUT2D eigenvalue weighted by Crippen LogP contribution is -2.40. The second-order valence-electron chi connectivity index (χ2n) is 4.99. The van der Waals surface area contributed by atoms with E-state index in [0.717, 1.165) is 23.3 Å². The Morgan fingerprint density at radius 1 is 1.39 bits per heavy atom. The van der Waals surface area contributed by atoms with Crippen LogP contribution in [0.4, 0.5) is 0 Å². The van der Waals surface area contributed by atoms with Crippen molar-refractivity contribution in [2.45, 2.75) is 26.4 Å². The molecule has 1 aromatic carbocycles. The summed E-state index contributed by atoms with van der Waals surface area (Å²) >= 11 is 3.41. The summed E-state index contributed by atoms with van der Waals surface area (Å²) in [4.78, 5) is 2.18. The van der Waals surface area contributed by atoms with Crippen LogP contribution in [0.1, 0.15) is 20.8 Å². The van der Waals surface area contributed by atoms with Gasteiger partial charge in [-0.25, -0.2) is 0 Å². The molecule has 0 spiro atoms. The zero-order valence-electron chi connectivity index (χ0n) is 11.3. The lowest BCUT2D eigenvalue weighted by Gasteiger charge is -2.27. The van der Waals surface area contributed by atoms with Crippen molar-refractivity contribution in [3.8, 4) is 5.75 Å². The van der Waals surface area contributed by atoms with Crippen molar-refractivity contribution >= 4 is 15.9 Å². The van der Waals surface area contributed by atoms with Gasteiger partial charge in [0.1, 0.15) is 12.4 Å². The van der Waals surface area contributed by atoms with E-state index in [1.165, 1.54) is 0 Å². The fraction of sp³-hybridized carbons (Fsp3) is 0.571. The first-order valence-corrected chi connectivity index (χ1v) is 7.03. The molecule has 3 nitrogen and oxygen atoms in total. The monoisotopic (exact) mass is 315 g/mol. The maximum Gasteiger partial charge on any atom is 0.120 e. The molecule has 1 rings (SSSR count). The molecule has 0 fully saturated rings. The quantitative estimate of drug-likeness (QED) is 0.839. The average molecular weight is 316 g/mol. The molecule has 0 aliphatic carbocycles. The standard InChI is InChI=1S/C14H22BrNO2/c1-4-16(11-14(2,3)17)8-9-18-13-7-5-6-12(15)10-13/h5-7,10,17H,4,8-9,11H2,1-3H3. The van der Waals surface area contributed by atoms with Crippen LogP contribution >= 0.6 is 15.9 Å². The second kappa shape index (κ2) is 7.12. The van der Waals surface area contributed by atoms with Crippen molar-refractivity contribution < 1.29 is 9.84 Å². The Labute approximate surface area is 118 Å². The third kappa shape index (κ3) is 6.38. The van der Waals surface area contributed by atoms with E-state index in [9.17, 15) is 5.11 Å². The zero-order chi connectivity index (χ0) is 13.6. The van der Waals surface area contributed by atoms with Gasteiger partial charge in [0.2, 0.25) is 0 Å². The van der Waals surface area contributed by atoms with Crippen LogP contribution in [0.5, 0.6) is 5.75 Å². The minimum atomic E-state index is -0.661. The Hall–Kier alpha value is -0.580. The fourth-order valence-electron chi connectivity index (χ4n) is 1.75. The van der Waals surface area contributed by atoms with Gasteiger partial charge in [-0.2, -0.15) is 0 Å². The first-order chi connectivity index (χ1) is 8.40. The number of aliphatic hydroxyl groups is 1. The molecule has 0 atom stereocenters. The van der Waals surface area contributed by atoms with Crippen LogP contribution in [0, 0.1) is 0 Å². The predicted molar refractivity (Wildman–Crippen MR) is 78.0 cm³/mol. The summed E-state index contributed by atoms with van der Waals surface area (Å²) in [6, 6.07) is 7.82. The Morgan fingerprint density at radius 2 is 2.11 bits per heavy atom. The Balaban J connectivity index is 2.35. The van der Waals surface area contributed by atoms with Crippen molar-refractivity contribution in [2.75, 3.05) is 26.2 Å². The minimum Gasteiger partial charge on any atom is -0.492 e. The van der Waals surface area contributed by atoms with Gasteiger partial charge in [-0.05, 0) is 38.6 Å². The van der Waals surface area contributed by atoms with E-state index in [2.05, 4.69) is 27.8 Å². The summed E-state index contributed by atoms with van der Waals surface area (Å²) in [7, 11) is 0. The third-order valence-corrected chi connectivity index (χ3v) is 3.02. The van der Waals surface area contributed by atoms with E-state index in [0.29, 0.717) is 13.2 Å². The summed E-state index contributed by atoms with van der Waals surface area (Å²) in [5.74, 6) is 0.865. The van der Waals surface area contributed by atoms with Gasteiger partial charge in [0.15, 0.2) is 0 Å². The number of benzene rings is 1. The van der Waals surface area contributed by atoms with Gasteiger partial charge >= 0.3 is 0 Å². The third-order valence-electron chi connectivity index (χ3n) is 2.53. The van der Waals surface area contributed by atoms with Gasteiger partial charge in [0, 0.05) is 17.6 Å². The molecule has 102 valence electrons. The summed E-state index contributed by atoms with van der Waals surface area (Å²) in [5, 5.41) is 9.78. The van der Waals surface area contributed by atoms with E-state index in [-0.39, 0.29) is 0 Å². The highest BCUT2D eigenvalue weighted by Gasteiger charge is 2.16. The Bertz CT molecular complexity index is 363. The molecule has 0 unspecified atom stereocenters. The largest absolute Gasteiger partial charge is 0.492 e. The molecule has 0 radical (unpaired) electrons. The Morgan fingerprint density at radius 3 is 2.67 bits per heavy atom. The predicted octanol–water partition coefficient (Wildman–Crippen LogP) is 2.92. The molecular weight excluding hydrogens is 294 g/mol. The van der Waals surface area contributed by atoms with Gasteiger partial charge in [0.05, 0.1) is 5.60 Å². The number of rotatable bonds is 7. The lowest BCUT2D eigenvalue weighted by molar-refractivity contribution is 0.0340. The van der Waals surface area contributed by atoms with Crippen LogP contribution < -0.4 is 4.74 Å². The smallest absolute Gasteiger partial charge is 0.120 e. The summed E-state index contributed by atoms with van der Waals surface area (Å²) < 4.78 is 6.70. The highest BCUT2D eigenvalue weighted by molar-refractivity contribution is 9.10. The van der Waals surface area contributed by atoms with E-state index in [1.54, 1.807) is 0 Å². The molecule has 4 heteroatoms. The molecule has 0 saturated heterocycles. The molecule has 0 heterocycles. The topological polar surface area (TPSA) is 32.7 Å². The number of nitrogens with zero attached hydrogens (tertiary/aromatic N) is 1. The molecule has 1 aromatic rings. The van der Waals surface area contributed by atoms with Crippen molar-refractivity contribution in [1.82, 2.24) is 4.90 Å². The molecule has 0 aromatic heterocycles. The number of hydrogen-bond acceptors (Lipinski definition) is 3. The number of hydrogen-bond donors (Lipinski definition) is 1. The van der Waals surface area contributed by atoms with E-state index in [4.69, 9.17) is 4.74 Å². The average Bonchev–Trinajstić information content (AvgIpc) is 2.26. The Kier molecular flexibility index (Phi) is 6.12. The fourth-order valence-corrected chi connectivity index (χ4v) is 2.12. The van der Waals surface area contributed by atoms with Crippen LogP contribution in [0.15, 0.2) is 28.7 Å². The van der Waals surface area contributed by atoms with Gasteiger partial charge in [-0.3, -0.25) is 4.90 Å². The van der Waals surface area contributed by atoms with Crippen LogP contribution in [0.3, 0.4) is 0 Å². The molecule has 18 heavy (non-hydrogen) atoms. The molecule has 0 saturated carbocycles. The van der Waals surface area contributed by atoms with E-state index in [1.807, 2.05) is 38.1 Å².